The predicted octanol–water partition coefficient (Wildman–Crippen LogP) is 2.98. The number of rotatable bonds is 4. The van der Waals surface area contributed by atoms with E-state index in [2.05, 4.69) is 20.8 Å². The van der Waals surface area contributed by atoms with Crippen LogP contribution in [0.25, 0.3) is 0 Å². The van der Waals surface area contributed by atoms with Crippen molar-refractivity contribution in [2.24, 2.45) is 11.3 Å². The Hall–Kier alpha value is -0.450. The second-order valence-corrected chi connectivity index (χ2v) is 7.44. The van der Waals surface area contributed by atoms with Crippen LogP contribution in [0.1, 0.15) is 53.4 Å². The molecule has 4 nitrogen and oxygen atoms in total. The van der Waals surface area contributed by atoms with Gasteiger partial charge in [0, 0.05) is 32.3 Å². The molecule has 2 fully saturated rings. The van der Waals surface area contributed by atoms with Crippen LogP contribution in [-0.4, -0.2) is 43.9 Å². The van der Waals surface area contributed by atoms with Gasteiger partial charge in [-0.3, -0.25) is 4.79 Å². The number of Topliss-reactive ketones (excluding diaryl/α,β-unsaturated/α-hetero) is 1. The van der Waals surface area contributed by atoms with E-state index in [-0.39, 0.29) is 28.8 Å². The molecular weight excluding hydrogens is 268 g/mol. The monoisotopic (exact) mass is 298 g/mol. The molecule has 0 aromatic carbocycles. The van der Waals surface area contributed by atoms with Gasteiger partial charge in [0.2, 0.25) is 0 Å². The van der Waals surface area contributed by atoms with E-state index in [1.807, 2.05) is 6.92 Å². The van der Waals surface area contributed by atoms with Crippen molar-refractivity contribution in [1.82, 2.24) is 0 Å². The molecule has 0 bridgehead atoms. The summed E-state index contributed by atoms with van der Waals surface area (Å²) in [6, 6.07) is 0. The Kier molecular flexibility index (Phi) is 5.44. The largest absolute Gasteiger partial charge is 0.381 e. The minimum Gasteiger partial charge on any atom is -0.381 e. The number of carbonyl (C=O) groups is 1. The molecule has 0 saturated carbocycles. The average Bonchev–Trinajstić information content (AvgIpc) is 2.44. The first-order valence-electron chi connectivity index (χ1n) is 8.25. The third-order valence-electron chi connectivity index (χ3n) is 4.68. The van der Waals surface area contributed by atoms with Gasteiger partial charge in [0.15, 0.2) is 5.78 Å². The molecule has 0 aromatic heterocycles. The molecule has 2 rings (SSSR count). The van der Waals surface area contributed by atoms with Gasteiger partial charge >= 0.3 is 0 Å². The molecule has 0 N–H and O–H groups in total. The predicted molar refractivity (Wildman–Crippen MR) is 81.3 cm³/mol. The van der Waals surface area contributed by atoms with Crippen LogP contribution in [-0.2, 0) is 19.0 Å². The number of carbonyl (C=O) groups excluding carboxylic acids is 1. The lowest BCUT2D eigenvalue weighted by atomic mass is 9.74. The van der Waals surface area contributed by atoms with Crippen molar-refractivity contribution in [3.05, 3.63) is 0 Å². The van der Waals surface area contributed by atoms with E-state index in [9.17, 15) is 4.79 Å². The summed E-state index contributed by atoms with van der Waals surface area (Å²) in [4.78, 5) is 12.9. The first-order chi connectivity index (χ1) is 9.88. The van der Waals surface area contributed by atoms with E-state index in [1.54, 1.807) is 0 Å². The number of hydrogen-bond donors (Lipinski definition) is 0. The quantitative estimate of drug-likeness (QED) is 0.800. The summed E-state index contributed by atoms with van der Waals surface area (Å²) in [7, 11) is 0. The van der Waals surface area contributed by atoms with E-state index in [0.29, 0.717) is 13.2 Å². The molecule has 2 saturated heterocycles. The highest BCUT2D eigenvalue weighted by Crippen LogP contribution is 2.39. The Bertz CT molecular complexity index is 347. The Morgan fingerprint density at radius 3 is 2.52 bits per heavy atom. The highest BCUT2D eigenvalue weighted by atomic mass is 16.5. The van der Waals surface area contributed by atoms with Gasteiger partial charge in [-0.25, -0.2) is 0 Å². The molecular formula is C17H30O4. The van der Waals surface area contributed by atoms with E-state index in [4.69, 9.17) is 14.2 Å². The molecule has 0 aliphatic carbocycles. The van der Waals surface area contributed by atoms with E-state index in [1.165, 1.54) is 0 Å². The Morgan fingerprint density at radius 2 is 1.95 bits per heavy atom. The van der Waals surface area contributed by atoms with Gasteiger partial charge in [-0.2, -0.15) is 0 Å². The minimum atomic E-state index is -0.317. The molecule has 2 unspecified atom stereocenters. The van der Waals surface area contributed by atoms with Crippen molar-refractivity contribution in [2.75, 3.05) is 26.4 Å². The SMILES string of the molecule is CCOC(C(=O)C1CCOC2(CCOCC2)C1)C(C)(C)C. The van der Waals surface area contributed by atoms with Gasteiger partial charge in [-0.1, -0.05) is 20.8 Å². The summed E-state index contributed by atoms with van der Waals surface area (Å²) in [5.41, 5.74) is -0.292. The maximum absolute atomic E-state index is 12.9. The van der Waals surface area contributed by atoms with Gasteiger partial charge in [-0.15, -0.1) is 0 Å². The summed E-state index contributed by atoms with van der Waals surface area (Å²) >= 11 is 0. The van der Waals surface area contributed by atoms with E-state index >= 15 is 0 Å². The number of ketones is 1. The highest BCUT2D eigenvalue weighted by Gasteiger charge is 2.44. The lowest BCUT2D eigenvalue weighted by Gasteiger charge is -2.44. The fourth-order valence-electron chi connectivity index (χ4n) is 3.50. The van der Waals surface area contributed by atoms with Crippen molar-refractivity contribution >= 4 is 5.78 Å². The maximum atomic E-state index is 12.9. The van der Waals surface area contributed by atoms with Crippen LogP contribution < -0.4 is 0 Å². The minimum absolute atomic E-state index is 0.0626. The molecule has 122 valence electrons. The molecule has 0 aromatic rings. The normalized spacial score (nSPS) is 27.5. The highest BCUT2D eigenvalue weighted by molar-refractivity contribution is 5.86. The first kappa shape index (κ1) is 16.9. The summed E-state index contributed by atoms with van der Waals surface area (Å²) in [6.07, 6.45) is 3.15. The summed E-state index contributed by atoms with van der Waals surface area (Å²) in [5.74, 6) is 0.325. The fourth-order valence-corrected chi connectivity index (χ4v) is 3.50. The van der Waals surface area contributed by atoms with Crippen molar-refractivity contribution < 1.29 is 19.0 Å². The molecule has 2 atom stereocenters. The first-order valence-corrected chi connectivity index (χ1v) is 8.25. The Balaban J connectivity index is 2.06. The van der Waals surface area contributed by atoms with E-state index in [0.717, 1.165) is 38.9 Å². The van der Waals surface area contributed by atoms with Crippen molar-refractivity contribution in [1.29, 1.82) is 0 Å². The topological polar surface area (TPSA) is 44.8 Å². The molecule has 2 heterocycles. The van der Waals surface area contributed by atoms with Gasteiger partial charge in [0.1, 0.15) is 6.10 Å². The van der Waals surface area contributed by atoms with Crippen LogP contribution >= 0.6 is 0 Å². The van der Waals surface area contributed by atoms with Crippen molar-refractivity contribution in [2.45, 2.75) is 65.1 Å². The molecule has 0 amide bonds. The molecule has 2 aliphatic rings. The zero-order chi connectivity index (χ0) is 15.5. The van der Waals surface area contributed by atoms with Gasteiger partial charge < -0.3 is 14.2 Å². The summed E-state index contributed by atoms with van der Waals surface area (Å²) < 4.78 is 17.3. The maximum Gasteiger partial charge on any atom is 0.165 e. The smallest absolute Gasteiger partial charge is 0.165 e. The lowest BCUT2D eigenvalue weighted by Crippen LogP contribution is -2.49. The van der Waals surface area contributed by atoms with Crippen molar-refractivity contribution in [3.8, 4) is 0 Å². The van der Waals surface area contributed by atoms with Crippen LogP contribution in [0.15, 0.2) is 0 Å². The molecule has 4 heteroatoms. The number of ether oxygens (including phenoxy) is 3. The van der Waals surface area contributed by atoms with Crippen molar-refractivity contribution in [3.63, 3.8) is 0 Å². The Labute approximate surface area is 128 Å². The van der Waals surface area contributed by atoms with Crippen LogP contribution in [0.5, 0.6) is 0 Å². The second kappa shape index (κ2) is 6.76. The number of hydrogen-bond acceptors (Lipinski definition) is 4. The van der Waals surface area contributed by atoms with Gasteiger partial charge in [0.05, 0.1) is 5.60 Å². The molecule has 2 aliphatic heterocycles. The van der Waals surface area contributed by atoms with E-state index < -0.39 is 0 Å². The van der Waals surface area contributed by atoms with Crippen LogP contribution in [0.4, 0.5) is 0 Å². The van der Waals surface area contributed by atoms with Crippen LogP contribution in [0.2, 0.25) is 0 Å². The molecule has 1 spiro atoms. The van der Waals surface area contributed by atoms with Crippen LogP contribution in [0.3, 0.4) is 0 Å². The zero-order valence-electron chi connectivity index (χ0n) is 13.9. The third-order valence-corrected chi connectivity index (χ3v) is 4.68. The zero-order valence-corrected chi connectivity index (χ0v) is 13.9. The lowest BCUT2D eigenvalue weighted by molar-refractivity contribution is -0.166. The van der Waals surface area contributed by atoms with Crippen LogP contribution in [0, 0.1) is 11.3 Å². The van der Waals surface area contributed by atoms with Gasteiger partial charge in [-0.05, 0) is 38.0 Å². The Morgan fingerprint density at radius 1 is 1.29 bits per heavy atom. The average molecular weight is 298 g/mol. The van der Waals surface area contributed by atoms with Gasteiger partial charge in [0.25, 0.3) is 0 Å². The standard InChI is InChI=1S/C17H30O4/c1-5-20-15(16(2,3)4)14(18)13-6-9-21-17(12-13)7-10-19-11-8-17/h13,15H,5-12H2,1-4H3. The summed E-state index contributed by atoms with van der Waals surface area (Å²) in [6.45, 7) is 10.9. The second-order valence-electron chi connectivity index (χ2n) is 7.44. The molecule has 0 radical (unpaired) electrons. The molecule has 21 heavy (non-hydrogen) atoms. The fraction of sp³-hybridized carbons (Fsp3) is 0.941. The third kappa shape index (κ3) is 4.05. The summed E-state index contributed by atoms with van der Waals surface area (Å²) in [5, 5.41) is 0.